The largest absolute Gasteiger partial charge is 1.00 e. The number of urea groups is 1. The number of benzene rings is 1. The normalized spacial score (nSPS) is 10.3. The van der Waals surface area contributed by atoms with Crippen molar-refractivity contribution in [3.63, 3.8) is 0 Å². The van der Waals surface area contributed by atoms with Crippen LogP contribution in [0.25, 0.3) is 0 Å². The molecule has 76 valence electrons. The maximum atomic E-state index is 10.8. The summed E-state index contributed by atoms with van der Waals surface area (Å²) in [5.41, 5.74) is 5.24. The standard InChI is InChI=1S/C7H9AsN2O4.Na/c9-7(11)10-6-3-1-5(2-4-6)8(12,13)14;/h1-4H,(H3,9,10,11)(H2,12,13,14);/q;+1. The van der Waals surface area contributed by atoms with Crippen molar-refractivity contribution in [1.29, 1.82) is 0 Å². The SMILES string of the molecule is NC(=O)Nc1ccc([As](=O)(O)O)cc1.[Na+]. The van der Waals surface area contributed by atoms with Crippen molar-refractivity contribution in [2.75, 3.05) is 5.32 Å². The summed E-state index contributed by atoms with van der Waals surface area (Å²) >= 11 is -4.82. The number of hydrogen-bond donors (Lipinski definition) is 4. The van der Waals surface area contributed by atoms with Crippen molar-refractivity contribution in [2.45, 2.75) is 0 Å². The van der Waals surface area contributed by atoms with E-state index in [0.717, 1.165) is 0 Å². The van der Waals surface area contributed by atoms with Gasteiger partial charge in [-0.2, -0.15) is 0 Å². The van der Waals surface area contributed by atoms with Gasteiger partial charge in [0, 0.05) is 0 Å². The molecule has 0 radical (unpaired) electrons. The Balaban J connectivity index is 0.00000196. The van der Waals surface area contributed by atoms with E-state index in [-0.39, 0.29) is 33.9 Å². The Labute approximate surface area is 111 Å². The van der Waals surface area contributed by atoms with Gasteiger partial charge < -0.3 is 0 Å². The first kappa shape index (κ1) is 14.8. The van der Waals surface area contributed by atoms with Gasteiger partial charge in [0.2, 0.25) is 0 Å². The zero-order valence-electron chi connectivity index (χ0n) is 8.04. The van der Waals surface area contributed by atoms with E-state index in [1.807, 2.05) is 0 Å². The van der Waals surface area contributed by atoms with E-state index in [1.165, 1.54) is 24.3 Å². The minimum Gasteiger partial charge on any atom is 1.00 e. The Morgan fingerprint density at radius 3 is 2.07 bits per heavy atom. The molecule has 2 amide bonds. The second-order valence-electron chi connectivity index (χ2n) is 2.58. The molecule has 0 aromatic heterocycles. The number of carbonyl (C=O) groups is 1. The monoisotopic (exact) mass is 283 g/mol. The number of anilines is 1. The Morgan fingerprint density at radius 1 is 1.27 bits per heavy atom. The second kappa shape index (κ2) is 5.74. The van der Waals surface area contributed by atoms with Gasteiger partial charge >= 0.3 is 112 Å². The first-order valence-corrected chi connectivity index (χ1v) is 7.00. The van der Waals surface area contributed by atoms with E-state index >= 15 is 0 Å². The first-order valence-electron chi connectivity index (χ1n) is 3.62. The van der Waals surface area contributed by atoms with Crippen molar-refractivity contribution < 1.29 is 46.3 Å². The van der Waals surface area contributed by atoms with Gasteiger partial charge in [0.1, 0.15) is 0 Å². The number of amides is 2. The van der Waals surface area contributed by atoms with Gasteiger partial charge in [-0.3, -0.25) is 0 Å². The van der Waals surface area contributed by atoms with Crippen molar-refractivity contribution in [1.82, 2.24) is 0 Å². The third-order valence-electron chi connectivity index (χ3n) is 1.47. The molecule has 1 rings (SSSR count). The molecule has 0 bridgehead atoms. The van der Waals surface area contributed by atoms with E-state index < -0.39 is 20.2 Å². The number of carbonyl (C=O) groups excluding carboxylic acids is 1. The molecule has 5 N–H and O–H groups in total. The van der Waals surface area contributed by atoms with Crippen LogP contribution in [0.2, 0.25) is 0 Å². The third kappa shape index (κ3) is 4.88. The molecule has 0 atom stereocenters. The topological polar surface area (TPSA) is 113 Å². The molecule has 1 aromatic carbocycles. The molecule has 0 fully saturated rings. The fraction of sp³-hybridized carbons (Fsp3) is 0. The maximum absolute atomic E-state index is 10.8. The zero-order valence-corrected chi connectivity index (χ0v) is 11.9. The summed E-state index contributed by atoms with van der Waals surface area (Å²) in [4.78, 5) is 10.4. The number of nitrogens with one attached hydrogen (secondary N) is 1. The quantitative estimate of drug-likeness (QED) is 0.412. The van der Waals surface area contributed by atoms with E-state index in [0.29, 0.717) is 5.69 Å². The molecule has 0 aliphatic rings. The summed E-state index contributed by atoms with van der Waals surface area (Å²) in [6, 6.07) is 4.54. The van der Waals surface area contributed by atoms with Gasteiger partial charge in [-0.05, 0) is 0 Å². The molecule has 0 saturated heterocycles. The van der Waals surface area contributed by atoms with Crippen LogP contribution in [0, 0.1) is 0 Å². The predicted molar refractivity (Wildman–Crippen MR) is 50.2 cm³/mol. The number of primary amides is 1. The van der Waals surface area contributed by atoms with Crippen molar-refractivity contribution in [2.24, 2.45) is 5.73 Å². The van der Waals surface area contributed by atoms with Gasteiger partial charge in [-0.1, -0.05) is 0 Å². The third-order valence-corrected chi connectivity index (χ3v) is 3.51. The summed E-state index contributed by atoms with van der Waals surface area (Å²) in [5.74, 6) is 0. The van der Waals surface area contributed by atoms with E-state index in [1.54, 1.807) is 0 Å². The molecule has 0 saturated carbocycles. The number of hydrogen-bond acceptors (Lipinski definition) is 2. The summed E-state index contributed by atoms with van der Waals surface area (Å²) in [7, 11) is 0. The van der Waals surface area contributed by atoms with Crippen LogP contribution in [0.4, 0.5) is 10.5 Å². The van der Waals surface area contributed by atoms with Gasteiger partial charge in [0.25, 0.3) is 0 Å². The van der Waals surface area contributed by atoms with E-state index in [2.05, 4.69) is 5.32 Å². The maximum Gasteiger partial charge on any atom is 1.00 e. The van der Waals surface area contributed by atoms with Crippen LogP contribution in [0.15, 0.2) is 24.3 Å². The average molecular weight is 283 g/mol. The Hall–Kier alpha value is -0.232. The smallest absolute Gasteiger partial charge is 1.00 e. The number of rotatable bonds is 2. The summed E-state index contributed by atoms with van der Waals surface area (Å²) in [6.07, 6.45) is 0. The molecule has 15 heavy (non-hydrogen) atoms. The van der Waals surface area contributed by atoms with Crippen LogP contribution in [-0.4, -0.2) is 28.4 Å². The summed E-state index contributed by atoms with van der Waals surface area (Å²) in [6.45, 7) is 0. The fourth-order valence-corrected chi connectivity index (χ4v) is 2.01. The van der Waals surface area contributed by atoms with Gasteiger partial charge in [-0.15, -0.1) is 0 Å². The summed E-state index contributed by atoms with van der Waals surface area (Å²) in [5, 5.41) is 2.28. The second-order valence-corrected chi connectivity index (χ2v) is 5.95. The molecule has 0 aliphatic carbocycles. The molecule has 0 unspecified atom stereocenters. The average Bonchev–Trinajstić information content (AvgIpc) is 2.02. The molecule has 0 heterocycles. The van der Waals surface area contributed by atoms with Gasteiger partial charge in [0.15, 0.2) is 0 Å². The predicted octanol–water partition coefficient (Wildman–Crippen LogP) is -4.26. The van der Waals surface area contributed by atoms with Crippen molar-refractivity contribution >= 4 is 30.2 Å². The minimum atomic E-state index is -4.82. The van der Waals surface area contributed by atoms with Gasteiger partial charge in [-0.25, -0.2) is 0 Å². The summed E-state index contributed by atoms with van der Waals surface area (Å²) < 4.78 is 28.4. The van der Waals surface area contributed by atoms with Crippen LogP contribution < -0.4 is 45.0 Å². The van der Waals surface area contributed by atoms with Crippen LogP contribution in [0.1, 0.15) is 0 Å². The Kier molecular flexibility index (Phi) is 5.66. The Bertz CT molecular complexity index is 388. The van der Waals surface area contributed by atoms with Crippen LogP contribution in [-0.2, 0) is 3.74 Å². The molecule has 6 nitrogen and oxygen atoms in total. The minimum absolute atomic E-state index is 0. The van der Waals surface area contributed by atoms with Crippen LogP contribution >= 0.6 is 0 Å². The van der Waals surface area contributed by atoms with Crippen LogP contribution in [0.3, 0.4) is 0 Å². The first-order chi connectivity index (χ1) is 6.39. The number of nitrogens with two attached hydrogens (primary N) is 1. The molecular formula is C7H9AsN2NaO4+. The molecule has 0 spiro atoms. The van der Waals surface area contributed by atoms with Crippen molar-refractivity contribution in [3.8, 4) is 0 Å². The van der Waals surface area contributed by atoms with E-state index in [9.17, 15) is 8.53 Å². The molecule has 1 aromatic rings. The van der Waals surface area contributed by atoms with Crippen LogP contribution in [0.5, 0.6) is 0 Å². The van der Waals surface area contributed by atoms with Crippen molar-refractivity contribution in [3.05, 3.63) is 24.3 Å². The van der Waals surface area contributed by atoms with Gasteiger partial charge in [0.05, 0.1) is 0 Å². The fourth-order valence-electron chi connectivity index (χ4n) is 0.881. The molecule has 8 heteroatoms. The molecular weight excluding hydrogens is 274 g/mol. The van der Waals surface area contributed by atoms with E-state index in [4.69, 9.17) is 13.9 Å². The zero-order chi connectivity index (χ0) is 10.8. The molecule has 0 aliphatic heterocycles. The Morgan fingerprint density at radius 2 is 1.73 bits per heavy atom.